The summed E-state index contributed by atoms with van der Waals surface area (Å²) in [5, 5.41) is 0. The Bertz CT molecular complexity index is 611. The first kappa shape index (κ1) is 14.3. The van der Waals surface area contributed by atoms with Crippen molar-refractivity contribution in [3.63, 3.8) is 0 Å². The van der Waals surface area contributed by atoms with E-state index in [0.29, 0.717) is 11.3 Å². The third-order valence-corrected chi connectivity index (χ3v) is 5.24. The van der Waals surface area contributed by atoms with Crippen LogP contribution in [-0.2, 0) is 6.42 Å². The minimum atomic E-state index is -0.0446. The van der Waals surface area contributed by atoms with Gasteiger partial charge in [-0.15, -0.1) is 0 Å². The molecule has 0 aromatic heterocycles. The molecule has 3 rings (SSSR count). The maximum atomic E-state index is 14.7. The van der Waals surface area contributed by atoms with Crippen LogP contribution in [0.2, 0.25) is 0 Å². The fourth-order valence-electron chi connectivity index (χ4n) is 3.02. The molecule has 0 heterocycles. The van der Waals surface area contributed by atoms with Crippen LogP contribution in [0.4, 0.5) is 4.39 Å². The minimum Gasteiger partial charge on any atom is -0.206 e. The molecule has 1 unspecified atom stereocenters. The number of benzene rings is 2. The van der Waals surface area contributed by atoms with Gasteiger partial charge < -0.3 is 0 Å². The van der Waals surface area contributed by atoms with Gasteiger partial charge >= 0.3 is 0 Å². The van der Waals surface area contributed by atoms with Gasteiger partial charge in [-0.2, -0.15) is 0 Å². The van der Waals surface area contributed by atoms with Gasteiger partial charge in [-0.3, -0.25) is 0 Å². The molecule has 0 radical (unpaired) electrons. The first-order valence-corrected chi connectivity index (χ1v) is 7.93. The maximum absolute atomic E-state index is 14.7. The Labute approximate surface area is 127 Å². The lowest BCUT2D eigenvalue weighted by Crippen LogP contribution is -2.10. The molecule has 1 heteroatoms. The highest BCUT2D eigenvalue weighted by Crippen LogP contribution is 2.52. The second-order valence-corrected chi connectivity index (χ2v) is 6.74. The molecular weight excluding hydrogens is 259 g/mol. The molecule has 0 aliphatic heterocycles. The average molecular weight is 282 g/mol. The van der Waals surface area contributed by atoms with Crippen molar-refractivity contribution in [2.24, 2.45) is 11.3 Å². The topological polar surface area (TPSA) is 0 Å². The Kier molecular flexibility index (Phi) is 3.84. The second-order valence-electron chi connectivity index (χ2n) is 6.74. The molecule has 0 spiro atoms. The summed E-state index contributed by atoms with van der Waals surface area (Å²) in [5.41, 5.74) is 3.05. The number of halogens is 1. The molecule has 110 valence electrons. The van der Waals surface area contributed by atoms with E-state index in [0.717, 1.165) is 29.5 Å². The highest BCUT2D eigenvalue weighted by atomic mass is 19.1. The van der Waals surface area contributed by atoms with E-state index < -0.39 is 0 Å². The van der Waals surface area contributed by atoms with Gasteiger partial charge in [0.25, 0.3) is 0 Å². The molecule has 0 amide bonds. The largest absolute Gasteiger partial charge is 0.206 e. The number of hydrogen-bond donors (Lipinski definition) is 0. The van der Waals surface area contributed by atoms with Crippen molar-refractivity contribution < 1.29 is 4.39 Å². The smallest absolute Gasteiger partial charge is 0.134 e. The normalized spacial score (nSPS) is 17.5. The summed E-state index contributed by atoms with van der Waals surface area (Å²) < 4.78 is 14.7. The van der Waals surface area contributed by atoms with Gasteiger partial charge in [0.05, 0.1) is 0 Å². The van der Waals surface area contributed by atoms with Crippen molar-refractivity contribution in [2.45, 2.75) is 39.5 Å². The van der Waals surface area contributed by atoms with Gasteiger partial charge in [0.2, 0.25) is 0 Å². The van der Waals surface area contributed by atoms with Crippen LogP contribution in [0.1, 0.15) is 38.7 Å². The highest BCUT2D eigenvalue weighted by molar-refractivity contribution is 5.64. The zero-order valence-electron chi connectivity index (χ0n) is 12.9. The number of aryl methyl sites for hydroxylation is 1. The summed E-state index contributed by atoms with van der Waals surface area (Å²) >= 11 is 0. The Morgan fingerprint density at radius 2 is 1.76 bits per heavy atom. The maximum Gasteiger partial charge on any atom is 0.134 e. The third kappa shape index (κ3) is 3.02. The minimum absolute atomic E-state index is 0.0446. The lowest BCUT2D eigenvalue weighted by atomic mass is 9.87. The molecule has 0 saturated heterocycles. The van der Waals surface area contributed by atoms with Crippen LogP contribution in [0.25, 0.3) is 11.1 Å². The van der Waals surface area contributed by atoms with Gasteiger partial charge in [-0.25, -0.2) is 4.39 Å². The van der Waals surface area contributed by atoms with Gasteiger partial charge in [0.1, 0.15) is 5.82 Å². The van der Waals surface area contributed by atoms with Crippen LogP contribution in [-0.4, -0.2) is 0 Å². The van der Waals surface area contributed by atoms with Gasteiger partial charge in [-0.05, 0) is 48.1 Å². The van der Waals surface area contributed by atoms with Crippen LogP contribution in [0.3, 0.4) is 0 Å². The van der Waals surface area contributed by atoms with E-state index in [9.17, 15) is 4.39 Å². The zero-order chi connectivity index (χ0) is 14.9. The molecular formula is C20H23F. The third-order valence-electron chi connectivity index (χ3n) is 5.24. The van der Waals surface area contributed by atoms with E-state index in [2.05, 4.69) is 13.8 Å². The first-order chi connectivity index (χ1) is 10.1. The van der Waals surface area contributed by atoms with Crippen molar-refractivity contribution in [3.05, 3.63) is 59.9 Å². The van der Waals surface area contributed by atoms with Crippen LogP contribution < -0.4 is 0 Å². The summed E-state index contributed by atoms with van der Waals surface area (Å²) in [5.74, 6) is 0.633. The van der Waals surface area contributed by atoms with Crippen molar-refractivity contribution in [3.8, 4) is 11.1 Å². The Hall–Kier alpha value is -1.63. The molecule has 1 atom stereocenters. The summed E-state index contributed by atoms with van der Waals surface area (Å²) in [4.78, 5) is 0. The zero-order valence-corrected chi connectivity index (χ0v) is 12.9. The Balaban J connectivity index is 1.77. The van der Waals surface area contributed by atoms with Crippen molar-refractivity contribution in [1.29, 1.82) is 0 Å². The Morgan fingerprint density at radius 3 is 2.43 bits per heavy atom. The monoisotopic (exact) mass is 282 g/mol. The molecule has 2 aromatic rings. The second kappa shape index (κ2) is 5.63. The van der Waals surface area contributed by atoms with E-state index in [1.54, 1.807) is 0 Å². The lowest BCUT2D eigenvalue weighted by molar-refractivity contribution is 0.341. The predicted octanol–water partition coefficient (Wildman–Crippen LogP) is 5.86. The van der Waals surface area contributed by atoms with E-state index in [-0.39, 0.29) is 5.82 Å². The van der Waals surface area contributed by atoms with Gasteiger partial charge in [-0.1, -0.05) is 62.4 Å². The van der Waals surface area contributed by atoms with Crippen LogP contribution in [0, 0.1) is 17.2 Å². The van der Waals surface area contributed by atoms with Crippen LogP contribution in [0.15, 0.2) is 48.5 Å². The molecule has 1 aliphatic rings. The molecule has 1 saturated carbocycles. The summed E-state index contributed by atoms with van der Waals surface area (Å²) in [6, 6.07) is 15.6. The predicted molar refractivity (Wildman–Crippen MR) is 86.7 cm³/mol. The fraction of sp³-hybridized carbons (Fsp3) is 0.400. The lowest BCUT2D eigenvalue weighted by Gasteiger charge is -2.19. The van der Waals surface area contributed by atoms with Crippen molar-refractivity contribution >= 4 is 0 Å². The molecule has 0 N–H and O–H groups in total. The SMILES string of the molecule is CC(CCc1cccc(-c2ccccc2)c1F)C1(C)CC1. The molecule has 1 aliphatic carbocycles. The summed E-state index contributed by atoms with van der Waals surface area (Å²) in [6.45, 7) is 4.67. The summed E-state index contributed by atoms with van der Waals surface area (Å²) in [7, 11) is 0. The average Bonchev–Trinajstić information content (AvgIpc) is 3.26. The highest BCUT2D eigenvalue weighted by Gasteiger charge is 2.41. The summed E-state index contributed by atoms with van der Waals surface area (Å²) in [6.07, 6.45) is 4.58. The van der Waals surface area contributed by atoms with Gasteiger partial charge in [0.15, 0.2) is 0 Å². The molecule has 0 bridgehead atoms. The fourth-order valence-corrected chi connectivity index (χ4v) is 3.02. The molecule has 2 aromatic carbocycles. The van der Waals surface area contributed by atoms with E-state index >= 15 is 0 Å². The van der Waals surface area contributed by atoms with E-state index in [1.165, 1.54) is 12.8 Å². The van der Waals surface area contributed by atoms with E-state index in [4.69, 9.17) is 0 Å². The van der Waals surface area contributed by atoms with E-state index in [1.807, 2.05) is 48.5 Å². The first-order valence-electron chi connectivity index (χ1n) is 7.93. The molecule has 21 heavy (non-hydrogen) atoms. The van der Waals surface area contributed by atoms with Crippen LogP contribution in [0.5, 0.6) is 0 Å². The van der Waals surface area contributed by atoms with Crippen LogP contribution >= 0.6 is 0 Å². The van der Waals surface area contributed by atoms with Gasteiger partial charge in [0, 0.05) is 5.56 Å². The quantitative estimate of drug-likeness (QED) is 0.644. The van der Waals surface area contributed by atoms with Crippen molar-refractivity contribution in [1.82, 2.24) is 0 Å². The van der Waals surface area contributed by atoms with Crippen molar-refractivity contribution in [2.75, 3.05) is 0 Å². The number of rotatable bonds is 5. The number of hydrogen-bond acceptors (Lipinski definition) is 0. The Morgan fingerprint density at radius 1 is 1.05 bits per heavy atom. The standard InChI is InChI=1S/C20H23F/c1-15(20(2)13-14-20)11-12-17-9-6-10-18(19(17)21)16-7-4-3-5-8-16/h3-10,15H,11-14H2,1-2H3. The molecule has 1 fully saturated rings. The molecule has 0 nitrogen and oxygen atoms in total.